The Morgan fingerprint density at radius 3 is 2.78 bits per heavy atom. The summed E-state index contributed by atoms with van der Waals surface area (Å²) in [6.45, 7) is 4.00. The van der Waals surface area contributed by atoms with E-state index >= 15 is 0 Å². The highest BCUT2D eigenvalue weighted by Gasteiger charge is 2.24. The summed E-state index contributed by atoms with van der Waals surface area (Å²) in [5.74, 6) is -0.419. The monoisotopic (exact) mass is 321 g/mol. The van der Waals surface area contributed by atoms with Crippen LogP contribution in [-0.4, -0.2) is 63.3 Å². The molecule has 1 N–H and O–H groups in total. The number of likely N-dealkylation sites (N-methyl/N-ethyl adjacent to an activating group) is 1. The third-order valence-electron chi connectivity index (χ3n) is 4.66. The van der Waals surface area contributed by atoms with Gasteiger partial charge in [0, 0.05) is 37.8 Å². The molecule has 3 rings (SSSR count). The summed E-state index contributed by atoms with van der Waals surface area (Å²) in [6.07, 6.45) is 2.05. The third kappa shape index (κ3) is 3.64. The molecule has 23 heavy (non-hydrogen) atoms. The number of anilines is 1. The Balaban J connectivity index is 1.72. The molecule has 1 unspecified atom stereocenters. The number of likely N-dealkylation sites (tertiary alicyclic amines) is 1. The van der Waals surface area contributed by atoms with Crippen LogP contribution in [0, 0.1) is 5.82 Å². The van der Waals surface area contributed by atoms with Crippen LogP contribution < -0.4 is 10.2 Å². The van der Waals surface area contributed by atoms with Gasteiger partial charge in [-0.15, -0.1) is 0 Å². The normalized spacial score (nSPS) is 22.3. The maximum absolute atomic E-state index is 14.4. The predicted octanol–water partition coefficient (Wildman–Crippen LogP) is 1.49. The van der Waals surface area contributed by atoms with Crippen LogP contribution in [0.3, 0.4) is 0 Å². The second-order valence-electron chi connectivity index (χ2n) is 6.14. The van der Waals surface area contributed by atoms with E-state index in [4.69, 9.17) is 4.74 Å². The number of nitrogens with zero attached hydrogens (tertiary/aromatic N) is 2. The lowest BCUT2D eigenvalue weighted by Gasteiger charge is -2.33. The Morgan fingerprint density at radius 2 is 2.09 bits per heavy atom. The summed E-state index contributed by atoms with van der Waals surface area (Å²) < 4.78 is 19.7. The topological polar surface area (TPSA) is 44.8 Å². The van der Waals surface area contributed by atoms with E-state index in [2.05, 4.69) is 5.32 Å². The zero-order valence-electron chi connectivity index (χ0n) is 13.6. The summed E-state index contributed by atoms with van der Waals surface area (Å²) in [6, 6.07) is 5.15. The van der Waals surface area contributed by atoms with Crippen molar-refractivity contribution < 1.29 is 13.9 Å². The number of hydrogen-bond acceptors (Lipinski definition) is 4. The fraction of sp³-hybridized carbons (Fsp3) is 0.588. The number of hydrogen-bond donors (Lipinski definition) is 1. The Morgan fingerprint density at radius 1 is 1.30 bits per heavy atom. The van der Waals surface area contributed by atoms with E-state index in [0.29, 0.717) is 50.1 Å². The Labute approximate surface area is 136 Å². The van der Waals surface area contributed by atoms with Gasteiger partial charge in [-0.1, -0.05) is 0 Å². The van der Waals surface area contributed by atoms with Crippen molar-refractivity contribution in [1.82, 2.24) is 10.2 Å². The van der Waals surface area contributed by atoms with E-state index in [-0.39, 0.29) is 11.7 Å². The first-order valence-corrected chi connectivity index (χ1v) is 8.28. The van der Waals surface area contributed by atoms with E-state index in [1.165, 1.54) is 6.07 Å². The van der Waals surface area contributed by atoms with Gasteiger partial charge in [-0.2, -0.15) is 0 Å². The molecule has 0 aromatic heterocycles. The fourth-order valence-corrected chi connectivity index (χ4v) is 3.28. The van der Waals surface area contributed by atoms with Gasteiger partial charge in [0.05, 0.1) is 18.9 Å². The minimum absolute atomic E-state index is 0.0858. The molecule has 2 saturated heterocycles. The number of nitrogens with one attached hydrogen (secondary N) is 1. The van der Waals surface area contributed by atoms with Gasteiger partial charge in [0.2, 0.25) is 0 Å². The van der Waals surface area contributed by atoms with Crippen molar-refractivity contribution in [3.8, 4) is 0 Å². The summed E-state index contributed by atoms with van der Waals surface area (Å²) in [7, 11) is 1.91. The molecule has 0 spiro atoms. The van der Waals surface area contributed by atoms with E-state index in [9.17, 15) is 9.18 Å². The number of morpholine rings is 1. The van der Waals surface area contributed by atoms with Crippen molar-refractivity contribution in [3.05, 3.63) is 29.6 Å². The molecule has 2 heterocycles. The zero-order chi connectivity index (χ0) is 16.2. The molecule has 0 aliphatic carbocycles. The van der Waals surface area contributed by atoms with Gasteiger partial charge in [0.25, 0.3) is 5.91 Å². The first-order valence-electron chi connectivity index (χ1n) is 8.28. The predicted molar refractivity (Wildman–Crippen MR) is 87.4 cm³/mol. The smallest absolute Gasteiger partial charge is 0.254 e. The quantitative estimate of drug-likeness (QED) is 0.916. The van der Waals surface area contributed by atoms with E-state index < -0.39 is 0 Å². The lowest BCUT2D eigenvalue weighted by molar-refractivity contribution is 0.0697. The molecule has 6 heteroatoms. The number of carbonyl (C=O) groups is 1. The standard InChI is InChI=1S/C17H24FN3O2/c1-19-14-3-2-6-21(12-14)17(22)13-4-5-16(15(18)11-13)20-7-9-23-10-8-20/h4-5,11,14,19H,2-3,6-10,12H2,1H3. The van der Waals surface area contributed by atoms with Crippen molar-refractivity contribution in [2.24, 2.45) is 0 Å². The van der Waals surface area contributed by atoms with Crippen LogP contribution in [0.4, 0.5) is 10.1 Å². The molecule has 0 saturated carbocycles. The molecule has 1 aromatic rings. The van der Waals surface area contributed by atoms with Crippen LogP contribution in [0.5, 0.6) is 0 Å². The number of piperidine rings is 1. The van der Waals surface area contributed by atoms with Crippen molar-refractivity contribution in [2.45, 2.75) is 18.9 Å². The van der Waals surface area contributed by atoms with Crippen molar-refractivity contribution in [1.29, 1.82) is 0 Å². The third-order valence-corrected chi connectivity index (χ3v) is 4.66. The zero-order valence-corrected chi connectivity index (χ0v) is 13.6. The van der Waals surface area contributed by atoms with Crippen LogP contribution in [0.1, 0.15) is 23.2 Å². The summed E-state index contributed by atoms with van der Waals surface area (Å²) >= 11 is 0. The van der Waals surface area contributed by atoms with Crippen molar-refractivity contribution in [3.63, 3.8) is 0 Å². The summed E-state index contributed by atoms with van der Waals surface area (Å²) in [5.41, 5.74) is 0.979. The average molecular weight is 321 g/mol. The molecule has 0 radical (unpaired) electrons. The molecule has 1 atom stereocenters. The van der Waals surface area contributed by atoms with Gasteiger partial charge in [-0.25, -0.2) is 4.39 Å². The molecule has 2 aliphatic heterocycles. The van der Waals surface area contributed by atoms with Crippen LogP contribution in [0.25, 0.3) is 0 Å². The Hall–Kier alpha value is -1.66. The van der Waals surface area contributed by atoms with Crippen LogP contribution in [-0.2, 0) is 4.74 Å². The lowest BCUT2D eigenvalue weighted by atomic mass is 10.0. The van der Waals surface area contributed by atoms with Gasteiger partial charge in [0.1, 0.15) is 5.82 Å². The summed E-state index contributed by atoms with van der Waals surface area (Å²) in [4.78, 5) is 16.4. The molecule has 0 bridgehead atoms. The first-order chi connectivity index (χ1) is 11.2. The van der Waals surface area contributed by atoms with E-state index in [1.54, 1.807) is 12.1 Å². The number of benzene rings is 1. The van der Waals surface area contributed by atoms with Gasteiger partial charge in [-0.05, 0) is 38.1 Å². The SMILES string of the molecule is CNC1CCCN(C(=O)c2ccc(N3CCOCC3)c(F)c2)C1. The lowest BCUT2D eigenvalue weighted by Crippen LogP contribution is -2.47. The second-order valence-corrected chi connectivity index (χ2v) is 6.14. The highest BCUT2D eigenvalue weighted by molar-refractivity contribution is 5.94. The molecule has 126 valence electrons. The van der Waals surface area contributed by atoms with Gasteiger partial charge in [0.15, 0.2) is 0 Å². The van der Waals surface area contributed by atoms with E-state index in [1.807, 2.05) is 16.8 Å². The highest BCUT2D eigenvalue weighted by Crippen LogP contribution is 2.23. The number of rotatable bonds is 3. The van der Waals surface area contributed by atoms with Crippen LogP contribution >= 0.6 is 0 Å². The highest BCUT2D eigenvalue weighted by atomic mass is 19.1. The maximum Gasteiger partial charge on any atom is 0.254 e. The molecular formula is C17H24FN3O2. The molecule has 1 amide bonds. The van der Waals surface area contributed by atoms with Crippen LogP contribution in [0.15, 0.2) is 18.2 Å². The fourth-order valence-electron chi connectivity index (χ4n) is 3.28. The largest absolute Gasteiger partial charge is 0.378 e. The minimum atomic E-state index is -0.333. The Bertz CT molecular complexity index is 561. The van der Waals surface area contributed by atoms with Gasteiger partial charge in [-0.3, -0.25) is 4.79 Å². The molecule has 2 aliphatic rings. The maximum atomic E-state index is 14.4. The van der Waals surface area contributed by atoms with Crippen molar-refractivity contribution in [2.75, 3.05) is 51.3 Å². The first kappa shape index (κ1) is 16.2. The van der Waals surface area contributed by atoms with Crippen molar-refractivity contribution >= 4 is 11.6 Å². The molecule has 5 nitrogen and oxygen atoms in total. The average Bonchev–Trinajstić information content (AvgIpc) is 2.61. The molecule has 1 aromatic carbocycles. The van der Waals surface area contributed by atoms with Gasteiger partial charge >= 0.3 is 0 Å². The number of carbonyl (C=O) groups excluding carboxylic acids is 1. The molecular weight excluding hydrogens is 297 g/mol. The van der Waals surface area contributed by atoms with Gasteiger partial charge < -0.3 is 19.9 Å². The Kier molecular flexibility index (Phi) is 5.13. The number of amides is 1. The minimum Gasteiger partial charge on any atom is -0.378 e. The van der Waals surface area contributed by atoms with E-state index in [0.717, 1.165) is 19.4 Å². The number of ether oxygens (including phenoxy) is 1. The van der Waals surface area contributed by atoms with Crippen LogP contribution in [0.2, 0.25) is 0 Å². The molecule has 2 fully saturated rings. The summed E-state index contributed by atoms with van der Waals surface area (Å²) in [5, 5.41) is 3.22. The second kappa shape index (κ2) is 7.27. The number of halogens is 1.